The van der Waals surface area contributed by atoms with Crippen LogP contribution in [0.15, 0.2) is 30.5 Å². The topological polar surface area (TPSA) is 40.8 Å². The van der Waals surface area contributed by atoms with Crippen LogP contribution >= 0.6 is 15.9 Å². The molecular weight excluding hydrogens is 470 g/mol. The molecular formula is C26H29BrNO4+. The molecule has 3 heterocycles. The fourth-order valence-electron chi connectivity index (χ4n) is 5.01. The van der Waals surface area contributed by atoms with Crippen molar-refractivity contribution >= 4 is 26.7 Å². The SMILES string of the molecule is COc1ccc2c(CCCCCCBr)c3[n+](cc2c1OC)CCc1cc2c(cc1-3)OCO2. The van der Waals surface area contributed by atoms with Crippen molar-refractivity contribution in [2.45, 2.75) is 45.1 Å². The summed E-state index contributed by atoms with van der Waals surface area (Å²) in [4.78, 5) is 0. The Morgan fingerprint density at radius 2 is 1.78 bits per heavy atom. The van der Waals surface area contributed by atoms with Crippen LogP contribution in [0.2, 0.25) is 0 Å². The molecule has 2 aliphatic rings. The third kappa shape index (κ3) is 3.68. The van der Waals surface area contributed by atoms with E-state index in [-0.39, 0.29) is 0 Å². The number of benzene rings is 2. The predicted molar refractivity (Wildman–Crippen MR) is 128 cm³/mol. The molecule has 0 atom stereocenters. The zero-order valence-electron chi connectivity index (χ0n) is 18.7. The minimum Gasteiger partial charge on any atom is -0.493 e. The van der Waals surface area contributed by atoms with Gasteiger partial charge in [0, 0.05) is 22.7 Å². The first-order valence-corrected chi connectivity index (χ1v) is 12.5. The van der Waals surface area contributed by atoms with Crippen LogP contribution < -0.4 is 23.5 Å². The Morgan fingerprint density at radius 1 is 0.969 bits per heavy atom. The van der Waals surface area contributed by atoms with Gasteiger partial charge in [-0.3, -0.25) is 0 Å². The Kier molecular flexibility index (Phi) is 6.13. The molecule has 0 N–H and O–H groups in total. The number of aryl methyl sites for hydroxylation is 3. The van der Waals surface area contributed by atoms with Gasteiger partial charge in [0.05, 0.1) is 25.2 Å². The molecule has 0 amide bonds. The molecule has 0 unspecified atom stereocenters. The molecule has 6 heteroatoms. The normalized spacial score (nSPS) is 13.7. The summed E-state index contributed by atoms with van der Waals surface area (Å²) >= 11 is 3.55. The maximum Gasteiger partial charge on any atom is 0.231 e. The Morgan fingerprint density at radius 3 is 2.56 bits per heavy atom. The summed E-state index contributed by atoms with van der Waals surface area (Å²) in [5.41, 5.74) is 5.26. The van der Waals surface area contributed by atoms with Crippen LogP contribution in [-0.4, -0.2) is 26.3 Å². The van der Waals surface area contributed by atoms with Crippen LogP contribution in [0.3, 0.4) is 0 Å². The fourth-order valence-corrected chi connectivity index (χ4v) is 5.41. The van der Waals surface area contributed by atoms with E-state index in [0.717, 1.165) is 59.5 Å². The lowest BCUT2D eigenvalue weighted by molar-refractivity contribution is -0.686. The van der Waals surface area contributed by atoms with Crippen LogP contribution in [0.4, 0.5) is 0 Å². The Balaban J connectivity index is 1.68. The van der Waals surface area contributed by atoms with Gasteiger partial charge in [0.15, 0.2) is 35.7 Å². The zero-order valence-corrected chi connectivity index (χ0v) is 20.3. The highest BCUT2D eigenvalue weighted by atomic mass is 79.9. The van der Waals surface area contributed by atoms with Crippen LogP contribution in [0.25, 0.3) is 22.0 Å². The molecule has 0 aliphatic carbocycles. The summed E-state index contributed by atoms with van der Waals surface area (Å²) in [6, 6.07) is 8.55. The number of methoxy groups -OCH3 is 2. The molecule has 0 fully saturated rings. The molecule has 0 bridgehead atoms. The first kappa shape index (κ1) is 21.4. The second-order valence-electron chi connectivity index (χ2n) is 8.38. The smallest absolute Gasteiger partial charge is 0.231 e. The lowest BCUT2D eigenvalue weighted by atomic mass is 9.89. The lowest BCUT2D eigenvalue weighted by Crippen LogP contribution is -2.41. The molecule has 1 aromatic heterocycles. The van der Waals surface area contributed by atoms with Crippen LogP contribution in [0.1, 0.15) is 36.8 Å². The number of halogens is 1. The maximum atomic E-state index is 5.80. The van der Waals surface area contributed by atoms with Crippen LogP contribution in [0.5, 0.6) is 23.0 Å². The standard InChI is InChI=1S/C26H29BrNO4/c1-29-22-9-8-18-19(7-5-3-4-6-11-27)25-20-14-24-23(31-16-32-24)13-17(20)10-12-28(25)15-21(18)26(22)30-2/h8-9,13-15H,3-7,10-12,16H2,1-2H3/q+1. The maximum absolute atomic E-state index is 5.80. The molecule has 0 spiro atoms. The van der Waals surface area contributed by atoms with Crippen molar-refractivity contribution in [2.75, 3.05) is 26.3 Å². The third-order valence-electron chi connectivity index (χ3n) is 6.55. The largest absolute Gasteiger partial charge is 0.493 e. The quantitative estimate of drug-likeness (QED) is 0.230. The summed E-state index contributed by atoms with van der Waals surface area (Å²) in [6.07, 6.45) is 9.08. The van der Waals surface area contributed by atoms with E-state index in [1.165, 1.54) is 47.0 Å². The van der Waals surface area contributed by atoms with E-state index in [0.29, 0.717) is 6.79 Å². The Labute approximate surface area is 197 Å². The zero-order chi connectivity index (χ0) is 22.1. The van der Waals surface area contributed by atoms with Gasteiger partial charge in [-0.25, -0.2) is 0 Å². The minimum atomic E-state index is 0.299. The summed E-state index contributed by atoms with van der Waals surface area (Å²) in [6.45, 7) is 1.22. The molecule has 2 aliphatic heterocycles. The summed E-state index contributed by atoms with van der Waals surface area (Å²) < 4.78 is 25.2. The highest BCUT2D eigenvalue weighted by molar-refractivity contribution is 9.09. The molecule has 5 nitrogen and oxygen atoms in total. The number of hydrogen-bond donors (Lipinski definition) is 0. The fraction of sp³-hybridized carbons (Fsp3) is 0.423. The molecule has 3 aromatic rings. The van der Waals surface area contributed by atoms with Crippen molar-refractivity contribution in [1.29, 1.82) is 0 Å². The number of aromatic nitrogens is 1. The number of ether oxygens (including phenoxy) is 4. The van der Waals surface area contributed by atoms with Crippen LogP contribution in [0, 0.1) is 0 Å². The number of pyridine rings is 1. The number of fused-ring (bicyclic) bond motifs is 5. The van der Waals surface area contributed by atoms with Gasteiger partial charge in [0.1, 0.15) is 0 Å². The number of nitrogens with zero attached hydrogens (tertiary/aromatic N) is 1. The third-order valence-corrected chi connectivity index (χ3v) is 7.11. The number of alkyl halides is 1. The Hall–Kier alpha value is -2.47. The van der Waals surface area contributed by atoms with E-state index in [1.807, 2.05) is 6.07 Å². The van der Waals surface area contributed by atoms with Crippen molar-refractivity contribution < 1.29 is 23.5 Å². The van der Waals surface area contributed by atoms with E-state index in [4.69, 9.17) is 18.9 Å². The first-order valence-electron chi connectivity index (χ1n) is 11.3. The van der Waals surface area contributed by atoms with E-state index >= 15 is 0 Å². The average molecular weight is 499 g/mol. The first-order chi connectivity index (χ1) is 15.7. The van der Waals surface area contributed by atoms with Gasteiger partial charge in [-0.05, 0) is 49.1 Å². The molecule has 2 aromatic carbocycles. The highest BCUT2D eigenvalue weighted by Crippen LogP contribution is 2.43. The van der Waals surface area contributed by atoms with Gasteiger partial charge < -0.3 is 18.9 Å². The number of unbranched alkanes of at least 4 members (excludes halogenated alkanes) is 3. The summed E-state index contributed by atoms with van der Waals surface area (Å²) in [5.74, 6) is 3.27. The van der Waals surface area contributed by atoms with E-state index in [1.54, 1.807) is 14.2 Å². The van der Waals surface area contributed by atoms with Gasteiger partial charge in [0.25, 0.3) is 0 Å². The monoisotopic (exact) mass is 498 g/mol. The number of hydrogen-bond acceptors (Lipinski definition) is 4. The van der Waals surface area contributed by atoms with Crippen molar-refractivity contribution in [2.24, 2.45) is 0 Å². The van der Waals surface area contributed by atoms with Crippen molar-refractivity contribution in [1.82, 2.24) is 0 Å². The highest BCUT2D eigenvalue weighted by Gasteiger charge is 2.32. The van der Waals surface area contributed by atoms with Crippen molar-refractivity contribution in [3.63, 3.8) is 0 Å². The van der Waals surface area contributed by atoms with E-state index < -0.39 is 0 Å². The number of rotatable bonds is 8. The molecule has 0 saturated heterocycles. The summed E-state index contributed by atoms with van der Waals surface area (Å²) in [7, 11) is 3.41. The van der Waals surface area contributed by atoms with Gasteiger partial charge in [-0.15, -0.1) is 0 Å². The van der Waals surface area contributed by atoms with Crippen molar-refractivity contribution in [3.05, 3.63) is 41.6 Å². The molecule has 0 saturated carbocycles. The van der Waals surface area contributed by atoms with E-state index in [9.17, 15) is 0 Å². The lowest BCUT2D eigenvalue weighted by Gasteiger charge is -2.21. The van der Waals surface area contributed by atoms with Crippen molar-refractivity contribution in [3.8, 4) is 34.3 Å². The van der Waals surface area contributed by atoms with Gasteiger partial charge in [-0.1, -0.05) is 28.8 Å². The molecule has 5 rings (SSSR count). The Bertz CT molecular complexity index is 1160. The summed E-state index contributed by atoms with van der Waals surface area (Å²) in [5, 5.41) is 3.42. The minimum absolute atomic E-state index is 0.299. The molecule has 0 radical (unpaired) electrons. The molecule has 168 valence electrons. The molecule has 32 heavy (non-hydrogen) atoms. The van der Waals surface area contributed by atoms with Gasteiger partial charge >= 0.3 is 0 Å². The van der Waals surface area contributed by atoms with E-state index in [2.05, 4.69) is 44.9 Å². The van der Waals surface area contributed by atoms with Gasteiger partial charge in [-0.2, -0.15) is 4.57 Å². The van der Waals surface area contributed by atoms with Gasteiger partial charge in [0.2, 0.25) is 12.5 Å². The van der Waals surface area contributed by atoms with Crippen LogP contribution in [-0.2, 0) is 19.4 Å². The average Bonchev–Trinajstić information content (AvgIpc) is 3.28. The second-order valence-corrected chi connectivity index (χ2v) is 9.17. The second kappa shape index (κ2) is 9.18. The predicted octanol–water partition coefficient (Wildman–Crippen LogP) is 5.59.